The first-order chi connectivity index (χ1) is 9.58. The fourth-order valence-corrected chi connectivity index (χ4v) is 2.47. The molecule has 0 aliphatic rings. The van der Waals surface area contributed by atoms with Crippen LogP contribution in [0.25, 0.3) is 0 Å². The van der Waals surface area contributed by atoms with Crippen molar-refractivity contribution in [3.63, 3.8) is 0 Å². The number of rotatable bonds is 9. The van der Waals surface area contributed by atoms with Crippen molar-refractivity contribution in [1.29, 1.82) is 0 Å². The summed E-state index contributed by atoms with van der Waals surface area (Å²) in [4.78, 5) is 14.5. The van der Waals surface area contributed by atoms with Crippen LogP contribution in [-0.2, 0) is 4.74 Å². The first-order valence-corrected chi connectivity index (χ1v) is 7.89. The monoisotopic (exact) mass is 341 g/mol. The van der Waals surface area contributed by atoms with Crippen LogP contribution in [0, 0.1) is 0 Å². The van der Waals surface area contributed by atoms with E-state index in [2.05, 4.69) is 34.7 Å². The fraction of sp³-hybridized carbons (Fsp3) is 0.562. The highest BCUT2D eigenvalue weighted by molar-refractivity contribution is 9.10. The van der Waals surface area contributed by atoms with Crippen LogP contribution in [-0.4, -0.2) is 43.5 Å². The van der Waals surface area contributed by atoms with Crippen LogP contribution in [0.5, 0.6) is 0 Å². The van der Waals surface area contributed by atoms with Crippen molar-refractivity contribution in [3.05, 3.63) is 34.3 Å². The molecule has 0 aliphatic heterocycles. The summed E-state index contributed by atoms with van der Waals surface area (Å²) in [5.74, 6) is 0.192. The number of halogens is 1. The Bertz CT molecular complexity index is 423. The number of nitrogens with zero attached hydrogens (tertiary/aromatic N) is 1. The van der Waals surface area contributed by atoms with E-state index >= 15 is 0 Å². The van der Waals surface area contributed by atoms with E-state index in [0.29, 0.717) is 19.1 Å². The lowest BCUT2D eigenvalue weighted by Crippen LogP contribution is -2.37. The molecule has 1 atom stereocenters. The smallest absolute Gasteiger partial charge is 0.164 e. The molecule has 0 aliphatic carbocycles. The molecule has 1 aromatic carbocycles. The zero-order valence-electron chi connectivity index (χ0n) is 12.6. The first-order valence-electron chi connectivity index (χ1n) is 7.10. The van der Waals surface area contributed by atoms with Crippen molar-refractivity contribution < 1.29 is 9.53 Å². The maximum absolute atomic E-state index is 12.2. The van der Waals surface area contributed by atoms with Gasteiger partial charge in [-0.15, -0.1) is 0 Å². The van der Waals surface area contributed by atoms with Gasteiger partial charge in [0.15, 0.2) is 5.78 Å². The summed E-state index contributed by atoms with van der Waals surface area (Å²) >= 11 is 3.40. The average Bonchev–Trinajstić information content (AvgIpc) is 2.46. The highest BCUT2D eigenvalue weighted by atomic mass is 79.9. The molecule has 0 radical (unpaired) electrons. The van der Waals surface area contributed by atoms with Crippen molar-refractivity contribution in [3.8, 4) is 0 Å². The molecule has 0 heterocycles. The number of hydrogen-bond acceptors (Lipinski definition) is 3. The summed E-state index contributed by atoms with van der Waals surface area (Å²) in [6.45, 7) is 6.72. The number of hydrogen-bond donors (Lipinski definition) is 0. The Hall–Kier alpha value is -0.710. The fourth-order valence-electron chi connectivity index (χ4n) is 2.07. The van der Waals surface area contributed by atoms with Gasteiger partial charge in [0.1, 0.15) is 0 Å². The number of carbonyl (C=O) groups excluding carboxylic acids is 1. The number of ketones is 1. The van der Waals surface area contributed by atoms with Gasteiger partial charge in [-0.1, -0.05) is 35.0 Å². The maximum atomic E-state index is 12.2. The second-order valence-corrected chi connectivity index (χ2v) is 5.89. The molecule has 0 saturated heterocycles. The highest BCUT2D eigenvalue weighted by Gasteiger charge is 2.14. The zero-order chi connectivity index (χ0) is 15.0. The predicted octanol–water partition coefficient (Wildman–Crippen LogP) is 3.77. The van der Waals surface area contributed by atoms with Gasteiger partial charge >= 0.3 is 0 Å². The number of methoxy groups -OCH3 is 1. The number of Topliss-reactive ketones (excluding diaryl/α,β-unsaturated/α-hetero) is 1. The molecule has 0 N–H and O–H groups in total. The summed E-state index contributed by atoms with van der Waals surface area (Å²) in [5.41, 5.74) is 0.773. The van der Waals surface area contributed by atoms with E-state index in [1.807, 2.05) is 24.3 Å². The minimum Gasteiger partial charge on any atom is -0.383 e. The highest BCUT2D eigenvalue weighted by Crippen LogP contribution is 2.14. The number of carbonyl (C=O) groups is 1. The van der Waals surface area contributed by atoms with Gasteiger partial charge in [0.2, 0.25) is 0 Å². The van der Waals surface area contributed by atoms with Gasteiger partial charge in [0, 0.05) is 42.7 Å². The minimum absolute atomic E-state index is 0.192. The second-order valence-electron chi connectivity index (χ2n) is 4.97. The Balaban J connectivity index is 2.55. The van der Waals surface area contributed by atoms with Gasteiger partial charge in [-0.05, 0) is 25.5 Å². The lowest BCUT2D eigenvalue weighted by Gasteiger charge is -2.27. The molecule has 4 heteroatoms. The van der Waals surface area contributed by atoms with Crippen molar-refractivity contribution in [1.82, 2.24) is 4.90 Å². The lowest BCUT2D eigenvalue weighted by molar-refractivity contribution is 0.0916. The zero-order valence-corrected chi connectivity index (χ0v) is 14.1. The molecule has 1 rings (SSSR count). The standard InChI is InChI=1S/C16H24BrNO2/c1-4-13(2)18(10-11-20-3)9-8-16(19)14-6-5-7-15(17)12-14/h5-7,12-13H,4,8-11H2,1-3H3. The molecule has 3 nitrogen and oxygen atoms in total. The second kappa shape index (κ2) is 9.27. The summed E-state index contributed by atoms with van der Waals surface area (Å²) in [6.07, 6.45) is 1.62. The Morgan fingerprint density at radius 3 is 2.75 bits per heavy atom. The van der Waals surface area contributed by atoms with Gasteiger partial charge in [-0.3, -0.25) is 9.69 Å². The van der Waals surface area contributed by atoms with Gasteiger partial charge < -0.3 is 4.74 Å². The summed E-state index contributed by atoms with van der Waals surface area (Å²) in [5, 5.41) is 0. The van der Waals surface area contributed by atoms with Gasteiger partial charge in [0.25, 0.3) is 0 Å². The lowest BCUT2D eigenvalue weighted by atomic mass is 10.1. The maximum Gasteiger partial charge on any atom is 0.164 e. The van der Waals surface area contributed by atoms with E-state index in [1.54, 1.807) is 7.11 Å². The van der Waals surface area contributed by atoms with Crippen LogP contribution >= 0.6 is 15.9 Å². The molecule has 0 aromatic heterocycles. The Morgan fingerprint density at radius 2 is 2.15 bits per heavy atom. The van der Waals surface area contributed by atoms with Crippen molar-refractivity contribution in [2.24, 2.45) is 0 Å². The molecule has 112 valence electrons. The van der Waals surface area contributed by atoms with Crippen molar-refractivity contribution in [2.75, 3.05) is 26.8 Å². The van der Waals surface area contributed by atoms with Gasteiger partial charge in [0.05, 0.1) is 6.61 Å². The molecule has 0 fully saturated rings. The van der Waals surface area contributed by atoms with Crippen molar-refractivity contribution >= 4 is 21.7 Å². The Morgan fingerprint density at radius 1 is 1.40 bits per heavy atom. The normalized spacial score (nSPS) is 12.7. The number of benzene rings is 1. The summed E-state index contributed by atoms with van der Waals surface area (Å²) < 4.78 is 6.09. The van der Waals surface area contributed by atoms with Crippen LogP contribution in [0.2, 0.25) is 0 Å². The van der Waals surface area contributed by atoms with Gasteiger partial charge in [-0.25, -0.2) is 0 Å². The van der Waals surface area contributed by atoms with E-state index in [0.717, 1.165) is 29.5 Å². The SMILES string of the molecule is CCC(C)N(CCOC)CCC(=O)c1cccc(Br)c1. The largest absolute Gasteiger partial charge is 0.383 e. The number of ether oxygens (including phenoxy) is 1. The molecule has 0 spiro atoms. The van der Waals surface area contributed by atoms with E-state index in [4.69, 9.17) is 4.74 Å². The third-order valence-electron chi connectivity index (χ3n) is 3.57. The molecule has 0 saturated carbocycles. The van der Waals surface area contributed by atoms with E-state index in [1.165, 1.54) is 0 Å². The predicted molar refractivity (Wildman–Crippen MR) is 86.3 cm³/mol. The average molecular weight is 342 g/mol. The summed E-state index contributed by atoms with van der Waals surface area (Å²) in [6, 6.07) is 8.05. The van der Waals surface area contributed by atoms with E-state index < -0.39 is 0 Å². The molecule has 0 amide bonds. The molecule has 1 unspecified atom stereocenters. The Kier molecular flexibility index (Phi) is 8.04. The van der Waals surface area contributed by atoms with Crippen LogP contribution in [0.3, 0.4) is 0 Å². The molecule has 20 heavy (non-hydrogen) atoms. The molecular formula is C16H24BrNO2. The Labute approximate surface area is 130 Å². The molecule has 0 bridgehead atoms. The van der Waals surface area contributed by atoms with E-state index in [9.17, 15) is 4.79 Å². The van der Waals surface area contributed by atoms with Crippen molar-refractivity contribution in [2.45, 2.75) is 32.7 Å². The molecular weight excluding hydrogens is 318 g/mol. The topological polar surface area (TPSA) is 29.5 Å². The first kappa shape index (κ1) is 17.3. The van der Waals surface area contributed by atoms with Crippen LogP contribution in [0.4, 0.5) is 0 Å². The van der Waals surface area contributed by atoms with Gasteiger partial charge in [-0.2, -0.15) is 0 Å². The summed E-state index contributed by atoms with van der Waals surface area (Å²) in [7, 11) is 1.71. The molecule has 1 aromatic rings. The minimum atomic E-state index is 0.192. The van der Waals surface area contributed by atoms with Crippen LogP contribution in [0.15, 0.2) is 28.7 Å². The van der Waals surface area contributed by atoms with Crippen LogP contribution < -0.4 is 0 Å². The van der Waals surface area contributed by atoms with E-state index in [-0.39, 0.29) is 5.78 Å². The third kappa shape index (κ3) is 5.73. The quantitative estimate of drug-likeness (QED) is 0.640. The third-order valence-corrected chi connectivity index (χ3v) is 4.06. The van der Waals surface area contributed by atoms with Crippen LogP contribution in [0.1, 0.15) is 37.0 Å².